The van der Waals surface area contributed by atoms with E-state index in [0.29, 0.717) is 26.2 Å². The molecule has 0 aliphatic heterocycles. The van der Waals surface area contributed by atoms with Crippen molar-refractivity contribution in [1.29, 1.82) is 0 Å². The number of methoxy groups -OCH3 is 1. The second kappa shape index (κ2) is 14.1. The number of ether oxygens (including phenoxy) is 1. The summed E-state index contributed by atoms with van der Waals surface area (Å²) in [6.07, 6.45) is 3.62. The Kier molecular flexibility index (Phi) is 10.1. The Hall–Kier alpha value is -4.39. The van der Waals surface area contributed by atoms with Crippen LogP contribution in [0.15, 0.2) is 97.2 Å². The van der Waals surface area contributed by atoms with Crippen molar-refractivity contribution in [2.24, 2.45) is 0 Å². The van der Waals surface area contributed by atoms with Gasteiger partial charge in [0.15, 0.2) is 0 Å². The van der Waals surface area contributed by atoms with Crippen LogP contribution in [0.2, 0.25) is 0 Å². The summed E-state index contributed by atoms with van der Waals surface area (Å²) in [5.74, 6) is -0.196. The van der Waals surface area contributed by atoms with Gasteiger partial charge in [-0.3, -0.25) is 9.59 Å². The summed E-state index contributed by atoms with van der Waals surface area (Å²) in [6, 6.07) is 27.3. The lowest BCUT2D eigenvalue weighted by Crippen LogP contribution is -2.43. The standard InChI is InChI=1S/C33H36FN3O3/c1-3-4-18-36(33(39)28-14-9-15-29(34)21-28)25-32(38)37(22-26-11-6-5-7-12-26)24-30-16-10-19-35(30)23-27-13-8-17-31(20-27)40-2/h5-17,19-21H,3-4,18,22-25H2,1-2H3. The van der Waals surface area contributed by atoms with Crippen LogP contribution in [0, 0.1) is 5.82 Å². The van der Waals surface area contributed by atoms with Crippen LogP contribution in [0.5, 0.6) is 5.75 Å². The largest absolute Gasteiger partial charge is 0.497 e. The van der Waals surface area contributed by atoms with Crippen molar-refractivity contribution in [2.75, 3.05) is 20.2 Å². The molecule has 40 heavy (non-hydrogen) atoms. The predicted octanol–water partition coefficient (Wildman–Crippen LogP) is 6.16. The van der Waals surface area contributed by atoms with Gasteiger partial charge in [0, 0.05) is 37.1 Å². The minimum absolute atomic E-state index is 0.0846. The Morgan fingerprint density at radius 1 is 0.850 bits per heavy atom. The van der Waals surface area contributed by atoms with Gasteiger partial charge in [-0.2, -0.15) is 0 Å². The first-order chi connectivity index (χ1) is 19.5. The van der Waals surface area contributed by atoms with Gasteiger partial charge in [-0.25, -0.2) is 4.39 Å². The third kappa shape index (κ3) is 7.82. The molecule has 0 aliphatic carbocycles. The molecular weight excluding hydrogens is 505 g/mol. The normalized spacial score (nSPS) is 10.8. The van der Waals surface area contributed by atoms with E-state index in [1.165, 1.54) is 23.1 Å². The van der Waals surface area contributed by atoms with E-state index >= 15 is 0 Å². The van der Waals surface area contributed by atoms with Gasteiger partial charge in [0.2, 0.25) is 5.91 Å². The number of carbonyl (C=O) groups excluding carboxylic acids is 2. The average molecular weight is 542 g/mol. The second-order valence-electron chi connectivity index (χ2n) is 9.80. The van der Waals surface area contributed by atoms with E-state index in [1.54, 1.807) is 18.1 Å². The van der Waals surface area contributed by atoms with Gasteiger partial charge in [0.05, 0.1) is 13.7 Å². The highest BCUT2D eigenvalue weighted by Crippen LogP contribution is 2.18. The van der Waals surface area contributed by atoms with E-state index in [-0.39, 0.29) is 23.9 Å². The zero-order valence-corrected chi connectivity index (χ0v) is 23.1. The van der Waals surface area contributed by atoms with Crippen molar-refractivity contribution in [1.82, 2.24) is 14.4 Å². The van der Waals surface area contributed by atoms with Gasteiger partial charge in [-0.05, 0) is 60.0 Å². The van der Waals surface area contributed by atoms with E-state index in [1.807, 2.05) is 79.9 Å². The lowest BCUT2D eigenvalue weighted by Gasteiger charge is -2.28. The first-order valence-electron chi connectivity index (χ1n) is 13.6. The van der Waals surface area contributed by atoms with Crippen LogP contribution in [-0.2, 0) is 24.4 Å². The summed E-state index contributed by atoms with van der Waals surface area (Å²) in [6.45, 7) is 3.78. The number of rotatable bonds is 13. The molecule has 0 atom stereocenters. The van der Waals surface area contributed by atoms with E-state index in [2.05, 4.69) is 4.57 Å². The molecule has 1 aromatic heterocycles. The number of halogens is 1. The number of amides is 2. The topological polar surface area (TPSA) is 54.8 Å². The molecule has 0 N–H and O–H groups in total. The number of nitrogens with zero attached hydrogens (tertiary/aromatic N) is 3. The maximum absolute atomic E-state index is 13.9. The van der Waals surface area contributed by atoms with E-state index in [0.717, 1.165) is 35.4 Å². The monoisotopic (exact) mass is 541 g/mol. The predicted molar refractivity (Wildman–Crippen MR) is 154 cm³/mol. The molecule has 4 rings (SSSR count). The molecule has 1 heterocycles. The molecule has 6 nitrogen and oxygen atoms in total. The number of benzene rings is 3. The molecule has 0 saturated carbocycles. The Morgan fingerprint density at radius 2 is 1.62 bits per heavy atom. The highest BCUT2D eigenvalue weighted by molar-refractivity contribution is 5.96. The fraction of sp³-hybridized carbons (Fsp3) is 0.273. The zero-order chi connectivity index (χ0) is 28.3. The number of hydrogen-bond acceptors (Lipinski definition) is 3. The summed E-state index contributed by atoms with van der Waals surface area (Å²) >= 11 is 0. The summed E-state index contributed by atoms with van der Waals surface area (Å²) in [7, 11) is 1.65. The lowest BCUT2D eigenvalue weighted by atomic mass is 10.1. The zero-order valence-electron chi connectivity index (χ0n) is 23.1. The lowest BCUT2D eigenvalue weighted by molar-refractivity contribution is -0.133. The van der Waals surface area contributed by atoms with E-state index in [9.17, 15) is 14.0 Å². The SMILES string of the molecule is CCCCN(CC(=O)N(Cc1ccccc1)Cc1cccn1Cc1cccc(OC)c1)C(=O)c1cccc(F)c1. The maximum atomic E-state index is 13.9. The third-order valence-electron chi connectivity index (χ3n) is 6.80. The molecule has 0 unspecified atom stereocenters. The molecule has 4 aromatic rings. The molecule has 0 radical (unpaired) electrons. The minimum Gasteiger partial charge on any atom is -0.497 e. The van der Waals surface area contributed by atoms with Crippen molar-refractivity contribution in [3.8, 4) is 5.75 Å². The number of carbonyl (C=O) groups is 2. The van der Waals surface area contributed by atoms with Gasteiger partial charge >= 0.3 is 0 Å². The van der Waals surface area contributed by atoms with Crippen LogP contribution in [0.1, 0.15) is 46.9 Å². The van der Waals surface area contributed by atoms with Crippen molar-refractivity contribution in [3.63, 3.8) is 0 Å². The van der Waals surface area contributed by atoms with Crippen LogP contribution in [-0.4, -0.2) is 46.4 Å². The van der Waals surface area contributed by atoms with Crippen LogP contribution >= 0.6 is 0 Å². The molecule has 0 aliphatic rings. The van der Waals surface area contributed by atoms with Crippen LogP contribution < -0.4 is 4.74 Å². The van der Waals surface area contributed by atoms with Gasteiger partial charge < -0.3 is 19.1 Å². The second-order valence-corrected chi connectivity index (χ2v) is 9.80. The molecule has 0 saturated heterocycles. The summed E-state index contributed by atoms with van der Waals surface area (Å²) in [5.41, 5.74) is 3.30. The van der Waals surface area contributed by atoms with Gasteiger partial charge in [-0.15, -0.1) is 0 Å². The fourth-order valence-electron chi connectivity index (χ4n) is 4.62. The molecular formula is C33H36FN3O3. The average Bonchev–Trinajstić information content (AvgIpc) is 3.41. The van der Waals surface area contributed by atoms with Crippen molar-refractivity contribution in [3.05, 3.63) is 125 Å². The molecule has 0 spiro atoms. The van der Waals surface area contributed by atoms with Crippen LogP contribution in [0.4, 0.5) is 4.39 Å². The highest BCUT2D eigenvalue weighted by Gasteiger charge is 2.23. The van der Waals surface area contributed by atoms with Crippen LogP contribution in [0.3, 0.4) is 0 Å². The highest BCUT2D eigenvalue weighted by atomic mass is 19.1. The van der Waals surface area contributed by atoms with E-state index < -0.39 is 5.82 Å². The van der Waals surface area contributed by atoms with Crippen molar-refractivity contribution < 1.29 is 18.7 Å². The summed E-state index contributed by atoms with van der Waals surface area (Å²) < 4.78 is 21.4. The Morgan fingerprint density at radius 3 is 2.38 bits per heavy atom. The molecule has 7 heteroatoms. The molecule has 208 valence electrons. The Bertz CT molecular complexity index is 1400. The number of unbranched alkanes of at least 4 members (excludes halogenated alkanes) is 1. The smallest absolute Gasteiger partial charge is 0.254 e. The van der Waals surface area contributed by atoms with Gasteiger partial charge in [0.25, 0.3) is 5.91 Å². The Balaban J connectivity index is 1.57. The summed E-state index contributed by atoms with van der Waals surface area (Å²) in [4.78, 5) is 30.5. The number of aromatic nitrogens is 1. The van der Waals surface area contributed by atoms with Crippen molar-refractivity contribution >= 4 is 11.8 Å². The van der Waals surface area contributed by atoms with E-state index in [4.69, 9.17) is 4.74 Å². The number of hydrogen-bond donors (Lipinski definition) is 0. The van der Waals surface area contributed by atoms with Crippen LogP contribution in [0.25, 0.3) is 0 Å². The quantitative estimate of drug-likeness (QED) is 0.204. The first-order valence-corrected chi connectivity index (χ1v) is 13.6. The molecule has 2 amide bonds. The summed E-state index contributed by atoms with van der Waals surface area (Å²) in [5, 5.41) is 0. The third-order valence-corrected chi connectivity index (χ3v) is 6.80. The fourth-order valence-corrected chi connectivity index (χ4v) is 4.62. The minimum atomic E-state index is -0.477. The van der Waals surface area contributed by atoms with Crippen molar-refractivity contribution in [2.45, 2.75) is 39.4 Å². The Labute approximate surface area is 235 Å². The molecule has 0 bridgehead atoms. The first kappa shape index (κ1) is 28.6. The maximum Gasteiger partial charge on any atom is 0.254 e. The van der Waals surface area contributed by atoms with Gasteiger partial charge in [0.1, 0.15) is 18.1 Å². The van der Waals surface area contributed by atoms with Gasteiger partial charge in [-0.1, -0.05) is 61.9 Å². The molecule has 0 fully saturated rings. The molecule has 3 aromatic carbocycles.